The van der Waals surface area contributed by atoms with Crippen LogP contribution in [0.25, 0.3) is 0 Å². The Morgan fingerprint density at radius 2 is 1.86 bits per heavy atom. The van der Waals surface area contributed by atoms with E-state index in [-0.39, 0.29) is 5.82 Å². The summed E-state index contributed by atoms with van der Waals surface area (Å²) in [5.74, 6) is 1.95. The lowest BCUT2D eigenvalue weighted by molar-refractivity contribution is 0.153. The maximum Gasteiger partial charge on any atom is 0.146 e. The summed E-state index contributed by atoms with van der Waals surface area (Å²) in [6.07, 6.45) is 5.05. The number of anilines is 1. The van der Waals surface area contributed by atoms with Crippen LogP contribution >= 0.6 is 0 Å². The first-order valence-corrected chi connectivity index (χ1v) is 7.97. The Hall–Kier alpha value is -1.25. The van der Waals surface area contributed by atoms with Gasteiger partial charge in [0.05, 0.1) is 12.8 Å². The van der Waals surface area contributed by atoms with Gasteiger partial charge in [0.1, 0.15) is 11.6 Å². The molecule has 0 unspecified atom stereocenters. The van der Waals surface area contributed by atoms with E-state index >= 15 is 0 Å². The number of rotatable bonds is 4. The Balaban J connectivity index is 1.85. The summed E-state index contributed by atoms with van der Waals surface area (Å²) in [6.45, 7) is 7.85. The van der Waals surface area contributed by atoms with Gasteiger partial charge in [-0.15, -0.1) is 0 Å². The SMILES string of the molecule is COc1ccc(F)c(NCC2CCC(C(C)(C)C)CC2)c1. The topological polar surface area (TPSA) is 21.3 Å². The largest absolute Gasteiger partial charge is 0.497 e. The summed E-state index contributed by atoms with van der Waals surface area (Å²) < 4.78 is 18.9. The zero-order chi connectivity index (χ0) is 15.5. The molecule has 0 aliphatic heterocycles. The molecule has 1 saturated carbocycles. The molecule has 1 N–H and O–H groups in total. The van der Waals surface area contributed by atoms with Gasteiger partial charge in [0.15, 0.2) is 0 Å². The number of hydrogen-bond donors (Lipinski definition) is 1. The molecule has 0 bridgehead atoms. The van der Waals surface area contributed by atoms with Crippen LogP contribution in [-0.2, 0) is 0 Å². The van der Waals surface area contributed by atoms with Crippen LogP contribution in [0, 0.1) is 23.1 Å². The number of methoxy groups -OCH3 is 1. The van der Waals surface area contributed by atoms with Crippen molar-refractivity contribution in [3.05, 3.63) is 24.0 Å². The second-order valence-corrected chi connectivity index (χ2v) is 7.31. The Labute approximate surface area is 128 Å². The molecule has 0 heterocycles. The molecule has 1 aromatic carbocycles. The third-order valence-corrected chi connectivity index (χ3v) is 4.83. The maximum atomic E-state index is 13.8. The highest BCUT2D eigenvalue weighted by atomic mass is 19.1. The van der Waals surface area contributed by atoms with Crippen molar-refractivity contribution in [2.24, 2.45) is 17.3 Å². The molecule has 1 fully saturated rings. The summed E-state index contributed by atoms with van der Waals surface area (Å²) >= 11 is 0. The quantitative estimate of drug-likeness (QED) is 0.834. The van der Waals surface area contributed by atoms with E-state index in [1.807, 2.05) is 0 Å². The molecular weight excluding hydrogens is 265 g/mol. The van der Waals surface area contributed by atoms with Gasteiger partial charge in [-0.3, -0.25) is 0 Å². The van der Waals surface area contributed by atoms with E-state index in [1.165, 1.54) is 31.7 Å². The minimum Gasteiger partial charge on any atom is -0.497 e. The molecule has 0 saturated heterocycles. The zero-order valence-electron chi connectivity index (χ0n) is 13.7. The summed E-state index contributed by atoms with van der Waals surface area (Å²) in [5.41, 5.74) is 0.962. The van der Waals surface area contributed by atoms with Crippen molar-refractivity contribution in [1.82, 2.24) is 0 Å². The number of nitrogens with one attached hydrogen (secondary N) is 1. The van der Waals surface area contributed by atoms with Gasteiger partial charge < -0.3 is 10.1 Å². The molecular formula is C18H28FNO. The van der Waals surface area contributed by atoms with Crippen LogP contribution in [0.2, 0.25) is 0 Å². The lowest BCUT2D eigenvalue weighted by atomic mass is 9.70. The lowest BCUT2D eigenvalue weighted by Gasteiger charge is -2.37. The molecule has 0 atom stereocenters. The first-order chi connectivity index (χ1) is 9.90. The van der Waals surface area contributed by atoms with E-state index in [0.29, 0.717) is 22.8 Å². The number of halogens is 1. The Morgan fingerprint density at radius 1 is 1.19 bits per heavy atom. The molecule has 0 amide bonds. The van der Waals surface area contributed by atoms with Gasteiger partial charge in [0, 0.05) is 12.6 Å². The normalized spacial score (nSPS) is 22.9. The Morgan fingerprint density at radius 3 is 2.43 bits per heavy atom. The minimum absolute atomic E-state index is 0.209. The average Bonchev–Trinajstić information content (AvgIpc) is 2.46. The summed E-state index contributed by atoms with van der Waals surface area (Å²) in [4.78, 5) is 0. The van der Waals surface area contributed by atoms with E-state index in [9.17, 15) is 4.39 Å². The average molecular weight is 293 g/mol. The van der Waals surface area contributed by atoms with Crippen molar-refractivity contribution in [1.29, 1.82) is 0 Å². The molecule has 1 aliphatic carbocycles. The molecule has 3 heteroatoms. The van der Waals surface area contributed by atoms with E-state index in [0.717, 1.165) is 12.5 Å². The third-order valence-electron chi connectivity index (χ3n) is 4.83. The smallest absolute Gasteiger partial charge is 0.146 e. The fourth-order valence-electron chi connectivity index (χ4n) is 3.25. The molecule has 2 nitrogen and oxygen atoms in total. The molecule has 0 spiro atoms. The molecule has 1 aliphatic rings. The minimum atomic E-state index is -0.209. The number of ether oxygens (including phenoxy) is 1. The molecule has 118 valence electrons. The fourth-order valence-corrected chi connectivity index (χ4v) is 3.25. The van der Waals surface area contributed by atoms with Crippen molar-refractivity contribution in [2.75, 3.05) is 19.0 Å². The van der Waals surface area contributed by atoms with Crippen molar-refractivity contribution in [3.8, 4) is 5.75 Å². The van der Waals surface area contributed by atoms with Gasteiger partial charge in [-0.1, -0.05) is 20.8 Å². The second kappa shape index (κ2) is 6.67. The van der Waals surface area contributed by atoms with Crippen LogP contribution in [0.1, 0.15) is 46.5 Å². The molecule has 0 radical (unpaired) electrons. The molecule has 2 rings (SSSR count). The van der Waals surface area contributed by atoms with Crippen LogP contribution in [0.3, 0.4) is 0 Å². The standard InChI is InChI=1S/C18H28FNO/c1-18(2,3)14-7-5-13(6-8-14)12-20-17-11-15(21-4)9-10-16(17)19/h9-11,13-14,20H,5-8,12H2,1-4H3. The number of hydrogen-bond acceptors (Lipinski definition) is 2. The predicted octanol–water partition coefficient (Wildman–Crippen LogP) is 5.10. The van der Waals surface area contributed by atoms with Crippen LogP contribution in [0.15, 0.2) is 18.2 Å². The second-order valence-electron chi connectivity index (χ2n) is 7.31. The molecule has 0 aromatic heterocycles. The van der Waals surface area contributed by atoms with Gasteiger partial charge in [-0.05, 0) is 55.1 Å². The molecule has 21 heavy (non-hydrogen) atoms. The third kappa shape index (κ3) is 4.36. The number of benzene rings is 1. The van der Waals surface area contributed by atoms with Crippen LogP contribution in [0.4, 0.5) is 10.1 Å². The molecule has 1 aromatic rings. The van der Waals surface area contributed by atoms with E-state index in [4.69, 9.17) is 4.74 Å². The maximum absolute atomic E-state index is 13.8. The highest BCUT2D eigenvalue weighted by Crippen LogP contribution is 2.39. The van der Waals surface area contributed by atoms with E-state index < -0.39 is 0 Å². The van der Waals surface area contributed by atoms with Crippen LogP contribution in [-0.4, -0.2) is 13.7 Å². The first kappa shape index (κ1) is 16.1. The van der Waals surface area contributed by atoms with Gasteiger partial charge >= 0.3 is 0 Å². The monoisotopic (exact) mass is 293 g/mol. The summed E-state index contributed by atoms with van der Waals surface area (Å²) in [7, 11) is 1.60. The fraction of sp³-hybridized carbons (Fsp3) is 0.667. The van der Waals surface area contributed by atoms with Crippen molar-refractivity contribution in [3.63, 3.8) is 0 Å². The van der Waals surface area contributed by atoms with Crippen molar-refractivity contribution in [2.45, 2.75) is 46.5 Å². The van der Waals surface area contributed by atoms with Crippen LogP contribution < -0.4 is 10.1 Å². The van der Waals surface area contributed by atoms with Gasteiger partial charge in [0.2, 0.25) is 0 Å². The summed E-state index contributed by atoms with van der Waals surface area (Å²) in [6, 6.07) is 4.84. The van der Waals surface area contributed by atoms with E-state index in [2.05, 4.69) is 26.1 Å². The van der Waals surface area contributed by atoms with Crippen molar-refractivity contribution >= 4 is 5.69 Å². The van der Waals surface area contributed by atoms with Gasteiger partial charge in [-0.25, -0.2) is 4.39 Å². The van der Waals surface area contributed by atoms with Crippen molar-refractivity contribution < 1.29 is 9.13 Å². The Kier molecular flexibility index (Phi) is 5.13. The highest BCUT2D eigenvalue weighted by molar-refractivity contribution is 5.49. The van der Waals surface area contributed by atoms with Gasteiger partial charge in [-0.2, -0.15) is 0 Å². The zero-order valence-corrected chi connectivity index (χ0v) is 13.7. The Bertz CT molecular complexity index is 459. The summed E-state index contributed by atoms with van der Waals surface area (Å²) in [5, 5.41) is 3.26. The van der Waals surface area contributed by atoms with Crippen LogP contribution in [0.5, 0.6) is 5.75 Å². The lowest BCUT2D eigenvalue weighted by Crippen LogP contribution is -2.28. The van der Waals surface area contributed by atoms with E-state index in [1.54, 1.807) is 19.2 Å². The highest BCUT2D eigenvalue weighted by Gasteiger charge is 2.29. The predicted molar refractivity (Wildman–Crippen MR) is 86.3 cm³/mol. The van der Waals surface area contributed by atoms with Gasteiger partial charge in [0.25, 0.3) is 0 Å². The first-order valence-electron chi connectivity index (χ1n) is 7.97.